The van der Waals surface area contributed by atoms with Crippen LogP contribution in [0.5, 0.6) is 0 Å². The average Bonchev–Trinajstić information content (AvgIpc) is 2.38. The van der Waals surface area contributed by atoms with E-state index in [4.69, 9.17) is 23.2 Å². The van der Waals surface area contributed by atoms with Gasteiger partial charge in [-0.15, -0.1) is 0 Å². The van der Waals surface area contributed by atoms with E-state index in [1.54, 1.807) is 4.68 Å². The molecule has 0 aliphatic carbocycles. The fraction of sp³-hybridized carbons (Fsp3) is 0.556. The van der Waals surface area contributed by atoms with Crippen molar-refractivity contribution in [2.45, 2.75) is 25.2 Å². The Morgan fingerprint density at radius 2 is 2.13 bits per heavy atom. The molecule has 0 unspecified atom stereocenters. The lowest BCUT2D eigenvalue weighted by Crippen LogP contribution is -2.28. The zero-order valence-electron chi connectivity index (χ0n) is 8.84. The summed E-state index contributed by atoms with van der Waals surface area (Å²) in [6, 6.07) is 0. The van der Waals surface area contributed by atoms with Crippen LogP contribution in [-0.4, -0.2) is 20.5 Å². The van der Waals surface area contributed by atoms with Crippen molar-refractivity contribution >= 4 is 29.1 Å². The molecular weight excluding hydrogens is 237 g/mol. The second kappa shape index (κ2) is 4.86. The van der Waals surface area contributed by atoms with Gasteiger partial charge in [-0.2, -0.15) is 5.10 Å². The Morgan fingerprint density at radius 1 is 1.53 bits per heavy atom. The standard InChI is InChI=1S/C9H13Cl2N3O/c1-5-7(6(2)14(3)13-5)4-12-9(15)8(10)11/h8H,4H2,1-3H3,(H,12,15). The number of amides is 1. The van der Waals surface area contributed by atoms with Gasteiger partial charge >= 0.3 is 0 Å². The van der Waals surface area contributed by atoms with E-state index in [0.29, 0.717) is 6.54 Å². The van der Waals surface area contributed by atoms with Crippen molar-refractivity contribution in [1.82, 2.24) is 15.1 Å². The molecule has 0 aromatic carbocycles. The van der Waals surface area contributed by atoms with Crippen molar-refractivity contribution in [3.63, 3.8) is 0 Å². The molecule has 0 aliphatic heterocycles. The summed E-state index contributed by atoms with van der Waals surface area (Å²) in [4.78, 5) is 10.1. The minimum atomic E-state index is -1.03. The van der Waals surface area contributed by atoms with Crippen molar-refractivity contribution in [1.29, 1.82) is 0 Å². The van der Waals surface area contributed by atoms with E-state index in [2.05, 4.69) is 10.4 Å². The highest BCUT2D eigenvalue weighted by molar-refractivity contribution is 6.53. The summed E-state index contributed by atoms with van der Waals surface area (Å²) in [5, 5.41) is 6.87. The summed E-state index contributed by atoms with van der Waals surface area (Å²) in [7, 11) is 1.86. The van der Waals surface area contributed by atoms with Gasteiger partial charge < -0.3 is 5.32 Å². The normalized spacial score (nSPS) is 10.8. The van der Waals surface area contributed by atoms with Crippen LogP contribution >= 0.6 is 23.2 Å². The third-order valence-corrected chi connectivity index (χ3v) is 2.69. The maximum absolute atomic E-state index is 11.1. The van der Waals surface area contributed by atoms with E-state index in [1.807, 2.05) is 20.9 Å². The van der Waals surface area contributed by atoms with Crippen LogP contribution in [0.25, 0.3) is 0 Å². The Bertz CT molecular complexity index is 374. The lowest BCUT2D eigenvalue weighted by Gasteiger charge is -2.05. The van der Waals surface area contributed by atoms with Crippen LogP contribution in [0, 0.1) is 13.8 Å². The van der Waals surface area contributed by atoms with E-state index in [9.17, 15) is 4.79 Å². The summed E-state index contributed by atoms with van der Waals surface area (Å²) in [6.07, 6.45) is 0. The largest absolute Gasteiger partial charge is 0.350 e. The summed E-state index contributed by atoms with van der Waals surface area (Å²) < 4.78 is 1.77. The molecule has 1 aromatic rings. The third kappa shape index (κ3) is 2.86. The van der Waals surface area contributed by atoms with Gasteiger partial charge in [-0.3, -0.25) is 9.48 Å². The summed E-state index contributed by atoms with van der Waals surface area (Å²) >= 11 is 10.8. The number of nitrogens with zero attached hydrogens (tertiary/aromatic N) is 2. The quantitative estimate of drug-likeness (QED) is 0.825. The molecular formula is C9H13Cl2N3O. The number of hydrogen-bond acceptors (Lipinski definition) is 2. The maximum atomic E-state index is 11.1. The van der Waals surface area contributed by atoms with Crippen molar-refractivity contribution in [3.05, 3.63) is 17.0 Å². The first-order chi connectivity index (χ1) is 6.93. The van der Waals surface area contributed by atoms with Crippen molar-refractivity contribution in [2.24, 2.45) is 7.05 Å². The molecule has 0 saturated heterocycles. The Kier molecular flexibility index (Phi) is 3.99. The molecule has 1 amide bonds. The summed E-state index contributed by atoms with van der Waals surface area (Å²) in [5.74, 6) is -0.388. The lowest BCUT2D eigenvalue weighted by molar-refractivity contribution is -0.119. The number of halogens is 2. The Morgan fingerprint density at radius 3 is 2.53 bits per heavy atom. The fourth-order valence-electron chi connectivity index (χ4n) is 1.33. The van der Waals surface area contributed by atoms with Gasteiger partial charge in [0, 0.05) is 24.8 Å². The lowest BCUT2D eigenvalue weighted by atomic mass is 10.2. The van der Waals surface area contributed by atoms with Crippen LogP contribution in [0.4, 0.5) is 0 Å². The van der Waals surface area contributed by atoms with Gasteiger partial charge in [0.1, 0.15) is 0 Å². The molecule has 0 fully saturated rings. The minimum absolute atomic E-state index is 0.388. The first-order valence-corrected chi connectivity index (χ1v) is 5.35. The predicted molar refractivity (Wildman–Crippen MR) is 60.0 cm³/mol. The maximum Gasteiger partial charge on any atom is 0.253 e. The summed E-state index contributed by atoms with van der Waals surface area (Å²) in [5.41, 5.74) is 2.92. The molecule has 0 atom stereocenters. The fourth-order valence-corrected chi connectivity index (χ4v) is 1.48. The van der Waals surface area contributed by atoms with E-state index in [0.717, 1.165) is 17.0 Å². The van der Waals surface area contributed by atoms with Crippen LogP contribution in [0.2, 0.25) is 0 Å². The number of aryl methyl sites for hydroxylation is 2. The van der Waals surface area contributed by atoms with Gasteiger partial charge in [-0.05, 0) is 13.8 Å². The smallest absolute Gasteiger partial charge is 0.253 e. The van der Waals surface area contributed by atoms with Crippen molar-refractivity contribution < 1.29 is 4.79 Å². The highest BCUT2D eigenvalue weighted by Gasteiger charge is 2.14. The molecule has 6 heteroatoms. The molecule has 0 spiro atoms. The van der Waals surface area contributed by atoms with Crippen molar-refractivity contribution in [3.8, 4) is 0 Å². The molecule has 1 heterocycles. The molecule has 0 aliphatic rings. The minimum Gasteiger partial charge on any atom is -0.350 e. The monoisotopic (exact) mass is 249 g/mol. The van der Waals surface area contributed by atoms with Crippen LogP contribution < -0.4 is 5.32 Å². The number of rotatable bonds is 3. The molecule has 1 N–H and O–H groups in total. The van der Waals surface area contributed by atoms with Gasteiger partial charge in [-0.25, -0.2) is 0 Å². The van der Waals surface area contributed by atoms with E-state index >= 15 is 0 Å². The molecule has 0 saturated carbocycles. The highest BCUT2D eigenvalue weighted by atomic mass is 35.5. The third-order valence-electron chi connectivity index (χ3n) is 2.30. The molecule has 4 nitrogen and oxygen atoms in total. The Balaban J connectivity index is 2.69. The highest BCUT2D eigenvalue weighted by Crippen LogP contribution is 2.11. The van der Waals surface area contributed by atoms with E-state index in [1.165, 1.54) is 0 Å². The van der Waals surface area contributed by atoms with E-state index < -0.39 is 4.84 Å². The van der Waals surface area contributed by atoms with Crippen LogP contribution in [0.3, 0.4) is 0 Å². The van der Waals surface area contributed by atoms with Crippen LogP contribution in [-0.2, 0) is 18.4 Å². The Labute approximate surface area is 98.5 Å². The number of carbonyl (C=O) groups is 1. The molecule has 15 heavy (non-hydrogen) atoms. The average molecular weight is 250 g/mol. The molecule has 1 aromatic heterocycles. The first kappa shape index (κ1) is 12.3. The zero-order chi connectivity index (χ0) is 11.6. The van der Waals surface area contributed by atoms with Crippen LogP contribution in [0.15, 0.2) is 0 Å². The second-order valence-electron chi connectivity index (χ2n) is 3.29. The van der Waals surface area contributed by atoms with Gasteiger partial charge in [0.05, 0.1) is 5.69 Å². The van der Waals surface area contributed by atoms with Gasteiger partial charge in [0.15, 0.2) is 4.84 Å². The number of alkyl halides is 2. The Hall–Kier alpha value is -0.740. The first-order valence-electron chi connectivity index (χ1n) is 4.48. The predicted octanol–water partition coefficient (Wildman–Crippen LogP) is 1.46. The number of nitrogens with one attached hydrogen (secondary N) is 1. The van der Waals surface area contributed by atoms with Crippen LogP contribution in [0.1, 0.15) is 17.0 Å². The van der Waals surface area contributed by atoms with Crippen molar-refractivity contribution in [2.75, 3.05) is 0 Å². The number of aromatic nitrogens is 2. The van der Waals surface area contributed by atoms with Gasteiger partial charge in [0.25, 0.3) is 5.91 Å². The molecule has 1 rings (SSSR count). The molecule has 0 bridgehead atoms. The SMILES string of the molecule is Cc1nn(C)c(C)c1CNC(=O)C(Cl)Cl. The summed E-state index contributed by atoms with van der Waals surface area (Å²) in [6.45, 7) is 4.24. The van der Waals surface area contributed by atoms with Gasteiger partial charge in [0.2, 0.25) is 0 Å². The molecule has 84 valence electrons. The zero-order valence-corrected chi connectivity index (χ0v) is 10.4. The second-order valence-corrected chi connectivity index (χ2v) is 4.39. The topological polar surface area (TPSA) is 46.9 Å². The number of carbonyl (C=O) groups excluding carboxylic acids is 1. The van der Waals surface area contributed by atoms with Gasteiger partial charge in [-0.1, -0.05) is 23.2 Å². The van der Waals surface area contributed by atoms with E-state index in [-0.39, 0.29) is 5.91 Å². The molecule has 0 radical (unpaired) electrons. The number of hydrogen-bond donors (Lipinski definition) is 1.